The van der Waals surface area contributed by atoms with E-state index in [-0.39, 0.29) is 0 Å². The Hall–Kier alpha value is -1.78. The van der Waals surface area contributed by atoms with Crippen LogP contribution < -0.4 is 15.4 Å². The Bertz CT molecular complexity index is 453. The highest BCUT2D eigenvalue weighted by atomic mass is 16.5. The average molecular weight is 260 g/mol. The fourth-order valence-electron chi connectivity index (χ4n) is 1.93. The molecule has 5 heteroatoms. The zero-order chi connectivity index (χ0) is 13.1. The van der Waals surface area contributed by atoms with Crippen molar-refractivity contribution in [2.24, 2.45) is 10.9 Å². The predicted octanol–water partition coefficient (Wildman–Crippen LogP) is 1.31. The van der Waals surface area contributed by atoms with E-state index in [0.717, 1.165) is 43.0 Å². The Labute approximate surface area is 113 Å². The van der Waals surface area contributed by atoms with E-state index in [0.29, 0.717) is 6.04 Å². The maximum absolute atomic E-state index is 5.61. The van der Waals surface area contributed by atoms with Gasteiger partial charge in [-0.1, -0.05) is 6.07 Å². The first-order valence-corrected chi connectivity index (χ1v) is 6.92. The standard InChI is InChI=1S/C14H20N4O/c1-10-6-16-14(18-10)17-8-12-4-5-13(15-7-12)19-9-11-2-3-11/h4-5,7,10-11H,2-3,6,8-9H2,1H3,(H2,16,17,18). The third kappa shape index (κ3) is 3.59. The molecule has 1 saturated carbocycles. The number of nitrogens with one attached hydrogen (secondary N) is 2. The topological polar surface area (TPSA) is 58.5 Å². The number of hydrogen-bond acceptors (Lipinski definition) is 5. The molecule has 1 fully saturated rings. The van der Waals surface area contributed by atoms with Crippen LogP contribution in [0.5, 0.6) is 5.88 Å². The van der Waals surface area contributed by atoms with Crippen LogP contribution in [0.2, 0.25) is 0 Å². The van der Waals surface area contributed by atoms with Gasteiger partial charge in [0.15, 0.2) is 5.96 Å². The Morgan fingerprint density at radius 1 is 1.42 bits per heavy atom. The lowest BCUT2D eigenvalue weighted by atomic mass is 10.3. The SMILES string of the molecule is CC1CN=C(NCc2ccc(OCC3CC3)nc2)N1. The molecule has 1 aromatic rings. The van der Waals surface area contributed by atoms with Gasteiger partial charge in [-0.05, 0) is 31.2 Å². The van der Waals surface area contributed by atoms with Gasteiger partial charge in [0, 0.05) is 24.8 Å². The van der Waals surface area contributed by atoms with Gasteiger partial charge in [0.25, 0.3) is 0 Å². The predicted molar refractivity (Wildman–Crippen MR) is 74.2 cm³/mol. The van der Waals surface area contributed by atoms with E-state index >= 15 is 0 Å². The van der Waals surface area contributed by atoms with Crippen molar-refractivity contribution in [3.05, 3.63) is 23.9 Å². The summed E-state index contributed by atoms with van der Waals surface area (Å²) in [7, 11) is 0. The van der Waals surface area contributed by atoms with Crippen molar-refractivity contribution >= 4 is 5.96 Å². The molecule has 0 bridgehead atoms. The first-order chi connectivity index (χ1) is 9.29. The minimum absolute atomic E-state index is 0.429. The molecule has 1 aromatic heterocycles. The number of guanidine groups is 1. The summed E-state index contributed by atoms with van der Waals surface area (Å²) in [6.07, 6.45) is 4.46. The highest BCUT2D eigenvalue weighted by Crippen LogP contribution is 2.29. The summed E-state index contributed by atoms with van der Waals surface area (Å²) in [5.74, 6) is 2.36. The van der Waals surface area contributed by atoms with Crippen molar-refractivity contribution in [1.82, 2.24) is 15.6 Å². The van der Waals surface area contributed by atoms with Gasteiger partial charge in [-0.2, -0.15) is 0 Å². The summed E-state index contributed by atoms with van der Waals surface area (Å²) in [6.45, 7) is 4.50. The molecular weight excluding hydrogens is 240 g/mol. The number of aromatic nitrogens is 1. The molecule has 1 unspecified atom stereocenters. The number of pyridine rings is 1. The number of rotatable bonds is 5. The molecule has 102 valence electrons. The molecule has 2 heterocycles. The molecule has 0 amide bonds. The van der Waals surface area contributed by atoms with Crippen LogP contribution in [0, 0.1) is 5.92 Å². The number of nitrogens with zero attached hydrogens (tertiary/aromatic N) is 2. The van der Waals surface area contributed by atoms with Crippen molar-refractivity contribution in [1.29, 1.82) is 0 Å². The van der Waals surface area contributed by atoms with Gasteiger partial charge >= 0.3 is 0 Å². The molecular formula is C14H20N4O. The molecule has 3 rings (SSSR count). The molecule has 0 saturated heterocycles. The molecule has 0 radical (unpaired) electrons. The summed E-state index contributed by atoms with van der Waals surface area (Å²) in [6, 6.07) is 4.41. The first kappa shape index (κ1) is 12.3. The lowest BCUT2D eigenvalue weighted by Crippen LogP contribution is -2.37. The third-order valence-corrected chi connectivity index (χ3v) is 3.33. The summed E-state index contributed by atoms with van der Waals surface area (Å²) < 4.78 is 5.61. The highest BCUT2D eigenvalue weighted by Gasteiger charge is 2.22. The number of ether oxygens (including phenoxy) is 1. The second-order valence-electron chi connectivity index (χ2n) is 5.35. The smallest absolute Gasteiger partial charge is 0.213 e. The van der Waals surface area contributed by atoms with Crippen LogP contribution in [0.15, 0.2) is 23.3 Å². The maximum atomic E-state index is 5.61. The summed E-state index contributed by atoms with van der Waals surface area (Å²) in [5.41, 5.74) is 1.13. The van der Waals surface area contributed by atoms with Crippen molar-refractivity contribution < 1.29 is 4.74 Å². The lowest BCUT2D eigenvalue weighted by molar-refractivity contribution is 0.288. The summed E-state index contributed by atoms with van der Waals surface area (Å²) >= 11 is 0. The van der Waals surface area contributed by atoms with Crippen molar-refractivity contribution in [3.63, 3.8) is 0 Å². The molecule has 5 nitrogen and oxygen atoms in total. The summed E-state index contributed by atoms with van der Waals surface area (Å²) in [5, 5.41) is 6.53. The van der Waals surface area contributed by atoms with Gasteiger partial charge < -0.3 is 15.4 Å². The van der Waals surface area contributed by atoms with E-state index in [2.05, 4.69) is 27.5 Å². The van der Waals surface area contributed by atoms with Gasteiger partial charge in [-0.3, -0.25) is 4.99 Å². The fraction of sp³-hybridized carbons (Fsp3) is 0.571. The van der Waals surface area contributed by atoms with Crippen LogP contribution in [0.3, 0.4) is 0 Å². The van der Waals surface area contributed by atoms with Gasteiger partial charge in [0.05, 0.1) is 13.2 Å². The van der Waals surface area contributed by atoms with Crippen molar-refractivity contribution in [3.8, 4) is 5.88 Å². The number of hydrogen-bond donors (Lipinski definition) is 2. The lowest BCUT2D eigenvalue weighted by Gasteiger charge is -2.09. The molecule has 1 aliphatic carbocycles. The zero-order valence-electron chi connectivity index (χ0n) is 11.2. The van der Waals surface area contributed by atoms with Crippen LogP contribution in [0.25, 0.3) is 0 Å². The van der Waals surface area contributed by atoms with E-state index in [9.17, 15) is 0 Å². The van der Waals surface area contributed by atoms with E-state index < -0.39 is 0 Å². The quantitative estimate of drug-likeness (QED) is 0.838. The Kier molecular flexibility index (Phi) is 3.53. The molecule has 1 aliphatic heterocycles. The second kappa shape index (κ2) is 5.47. The maximum Gasteiger partial charge on any atom is 0.213 e. The van der Waals surface area contributed by atoms with Crippen LogP contribution >= 0.6 is 0 Å². The Balaban J connectivity index is 1.45. The van der Waals surface area contributed by atoms with E-state index in [1.54, 1.807) is 0 Å². The monoisotopic (exact) mass is 260 g/mol. The molecule has 0 aromatic carbocycles. The summed E-state index contributed by atoms with van der Waals surface area (Å²) in [4.78, 5) is 8.67. The molecule has 2 aliphatic rings. The van der Waals surface area contributed by atoms with Crippen LogP contribution in [-0.4, -0.2) is 30.1 Å². The van der Waals surface area contributed by atoms with Crippen LogP contribution in [0.4, 0.5) is 0 Å². The molecule has 1 atom stereocenters. The molecule has 0 spiro atoms. The van der Waals surface area contributed by atoms with Gasteiger partial charge in [0.2, 0.25) is 5.88 Å². The number of aliphatic imine (C=N–C) groups is 1. The Morgan fingerprint density at radius 3 is 2.95 bits per heavy atom. The minimum atomic E-state index is 0.429. The zero-order valence-corrected chi connectivity index (χ0v) is 11.2. The molecule has 2 N–H and O–H groups in total. The fourth-order valence-corrected chi connectivity index (χ4v) is 1.93. The van der Waals surface area contributed by atoms with Crippen LogP contribution in [0.1, 0.15) is 25.3 Å². The van der Waals surface area contributed by atoms with Crippen molar-refractivity contribution in [2.45, 2.75) is 32.4 Å². The largest absolute Gasteiger partial charge is 0.477 e. The minimum Gasteiger partial charge on any atom is -0.477 e. The molecule has 19 heavy (non-hydrogen) atoms. The van der Waals surface area contributed by atoms with E-state index in [1.165, 1.54) is 12.8 Å². The normalized spacial score (nSPS) is 21.7. The Morgan fingerprint density at radius 2 is 2.32 bits per heavy atom. The van der Waals surface area contributed by atoms with E-state index in [4.69, 9.17) is 4.74 Å². The highest BCUT2D eigenvalue weighted by molar-refractivity contribution is 5.81. The van der Waals surface area contributed by atoms with Gasteiger partial charge in [-0.15, -0.1) is 0 Å². The van der Waals surface area contributed by atoms with E-state index in [1.807, 2.05) is 18.3 Å². The van der Waals surface area contributed by atoms with Crippen LogP contribution in [-0.2, 0) is 6.54 Å². The first-order valence-electron chi connectivity index (χ1n) is 6.92. The third-order valence-electron chi connectivity index (χ3n) is 3.33. The van der Waals surface area contributed by atoms with Gasteiger partial charge in [-0.25, -0.2) is 4.98 Å². The second-order valence-corrected chi connectivity index (χ2v) is 5.35. The van der Waals surface area contributed by atoms with Crippen molar-refractivity contribution in [2.75, 3.05) is 13.2 Å². The van der Waals surface area contributed by atoms with Gasteiger partial charge in [0.1, 0.15) is 0 Å². The average Bonchev–Trinajstić information content (AvgIpc) is 3.17.